The number of hydrogen-bond donors (Lipinski definition) is 0. The fourth-order valence-corrected chi connectivity index (χ4v) is 0.740. The lowest BCUT2D eigenvalue weighted by Gasteiger charge is -1.98. The van der Waals surface area contributed by atoms with Crippen molar-refractivity contribution in [3.05, 3.63) is 18.0 Å². The number of nitrogens with zero attached hydrogens (tertiary/aromatic N) is 4. The van der Waals surface area contributed by atoms with Crippen LogP contribution in [-0.4, -0.2) is 21.8 Å². The first-order valence-electron chi connectivity index (χ1n) is 3.18. The molecule has 0 saturated heterocycles. The number of rotatable bonds is 1. The van der Waals surface area contributed by atoms with E-state index < -0.39 is 0 Å². The van der Waals surface area contributed by atoms with Crippen LogP contribution in [0.15, 0.2) is 17.5 Å². The molecule has 4 nitrogen and oxygen atoms in total. The van der Waals surface area contributed by atoms with Crippen molar-refractivity contribution in [1.82, 2.24) is 14.8 Å². The van der Waals surface area contributed by atoms with Crippen LogP contribution in [0.3, 0.4) is 0 Å². The lowest BCUT2D eigenvalue weighted by Crippen LogP contribution is -2.20. The molecule has 1 heterocycles. The van der Waals surface area contributed by atoms with E-state index in [1.54, 1.807) is 19.6 Å². The maximum atomic E-state index is 4.00. The largest absolute Gasteiger partial charge is 0.315 e. The zero-order chi connectivity index (χ0) is 7.40. The monoisotopic (exact) mass is 138 g/mol. The molecule has 0 N–H and O–H groups in total. The standard InChI is InChI=1S/C6H10N4/c1-3-10-5-9-8-4-6(10)7-2/h4-5H,3H2,1-2H3. The maximum Gasteiger partial charge on any atom is 0.149 e. The summed E-state index contributed by atoms with van der Waals surface area (Å²) in [5.41, 5.74) is 0.859. The minimum Gasteiger partial charge on any atom is -0.315 e. The molecule has 0 bridgehead atoms. The van der Waals surface area contributed by atoms with Crippen molar-refractivity contribution in [2.24, 2.45) is 4.99 Å². The molecular weight excluding hydrogens is 128 g/mol. The summed E-state index contributed by atoms with van der Waals surface area (Å²) in [6.07, 6.45) is 3.31. The lowest BCUT2D eigenvalue weighted by atomic mass is 10.6. The molecule has 10 heavy (non-hydrogen) atoms. The Hall–Kier alpha value is -1.19. The summed E-state index contributed by atoms with van der Waals surface area (Å²) < 4.78 is 1.92. The zero-order valence-corrected chi connectivity index (χ0v) is 6.15. The van der Waals surface area contributed by atoms with E-state index in [-0.39, 0.29) is 0 Å². The summed E-state index contributed by atoms with van der Waals surface area (Å²) in [4.78, 5) is 4.00. The molecule has 1 aromatic rings. The SMILES string of the molecule is CCn1cnncc1=NC. The molecule has 0 aliphatic heterocycles. The minimum atomic E-state index is 0.859. The predicted octanol–water partition coefficient (Wildman–Crippen LogP) is -0.172. The Morgan fingerprint density at radius 2 is 2.40 bits per heavy atom. The van der Waals surface area contributed by atoms with Gasteiger partial charge in [0.15, 0.2) is 0 Å². The van der Waals surface area contributed by atoms with Crippen molar-refractivity contribution in [2.45, 2.75) is 13.5 Å². The highest BCUT2D eigenvalue weighted by Gasteiger charge is 1.85. The van der Waals surface area contributed by atoms with Crippen LogP contribution in [0.4, 0.5) is 0 Å². The summed E-state index contributed by atoms with van der Waals surface area (Å²) in [5, 5.41) is 7.42. The van der Waals surface area contributed by atoms with Gasteiger partial charge in [0.1, 0.15) is 11.8 Å². The molecule has 0 atom stereocenters. The molecule has 0 aliphatic carbocycles. The van der Waals surface area contributed by atoms with Gasteiger partial charge in [-0.15, -0.1) is 5.10 Å². The van der Waals surface area contributed by atoms with Crippen LogP contribution >= 0.6 is 0 Å². The van der Waals surface area contributed by atoms with E-state index in [1.165, 1.54) is 0 Å². The van der Waals surface area contributed by atoms with E-state index in [2.05, 4.69) is 15.2 Å². The van der Waals surface area contributed by atoms with Crippen LogP contribution in [0.2, 0.25) is 0 Å². The molecular formula is C6H10N4. The molecule has 0 aromatic carbocycles. The molecule has 0 spiro atoms. The van der Waals surface area contributed by atoms with E-state index in [0.717, 1.165) is 12.0 Å². The lowest BCUT2D eigenvalue weighted by molar-refractivity contribution is 0.665. The van der Waals surface area contributed by atoms with Gasteiger partial charge in [0.05, 0.1) is 6.20 Å². The Morgan fingerprint density at radius 1 is 1.60 bits per heavy atom. The van der Waals surface area contributed by atoms with E-state index in [0.29, 0.717) is 0 Å². The number of aromatic nitrogens is 3. The Kier molecular flexibility index (Phi) is 2.15. The molecule has 54 valence electrons. The molecule has 4 heteroatoms. The second kappa shape index (κ2) is 3.10. The average Bonchev–Trinajstić information content (AvgIpc) is 2.04. The van der Waals surface area contributed by atoms with Crippen LogP contribution in [0.5, 0.6) is 0 Å². The fraction of sp³-hybridized carbons (Fsp3) is 0.500. The quantitative estimate of drug-likeness (QED) is 0.540. The first-order valence-corrected chi connectivity index (χ1v) is 3.18. The average molecular weight is 138 g/mol. The zero-order valence-electron chi connectivity index (χ0n) is 6.15. The van der Waals surface area contributed by atoms with Crippen molar-refractivity contribution in [3.8, 4) is 0 Å². The van der Waals surface area contributed by atoms with Crippen molar-refractivity contribution in [1.29, 1.82) is 0 Å². The van der Waals surface area contributed by atoms with Crippen LogP contribution in [-0.2, 0) is 6.54 Å². The van der Waals surface area contributed by atoms with Crippen LogP contribution < -0.4 is 5.49 Å². The molecule has 0 amide bonds. The van der Waals surface area contributed by atoms with Gasteiger partial charge in [0, 0.05) is 13.6 Å². The van der Waals surface area contributed by atoms with Crippen molar-refractivity contribution in [3.63, 3.8) is 0 Å². The Balaban J connectivity index is 3.23. The van der Waals surface area contributed by atoms with Gasteiger partial charge in [-0.1, -0.05) is 0 Å². The molecule has 0 fully saturated rings. The number of hydrogen-bond acceptors (Lipinski definition) is 3. The summed E-state index contributed by atoms with van der Waals surface area (Å²) in [5.74, 6) is 0. The molecule has 0 radical (unpaired) electrons. The second-order valence-corrected chi connectivity index (χ2v) is 1.84. The smallest absolute Gasteiger partial charge is 0.149 e. The molecule has 0 unspecified atom stereocenters. The summed E-state index contributed by atoms with van der Waals surface area (Å²) in [6.45, 7) is 2.92. The van der Waals surface area contributed by atoms with E-state index >= 15 is 0 Å². The Labute approximate surface area is 59.3 Å². The van der Waals surface area contributed by atoms with Crippen LogP contribution in [0.25, 0.3) is 0 Å². The summed E-state index contributed by atoms with van der Waals surface area (Å²) >= 11 is 0. The highest BCUT2D eigenvalue weighted by Crippen LogP contribution is 1.71. The third-order valence-corrected chi connectivity index (χ3v) is 1.29. The van der Waals surface area contributed by atoms with Gasteiger partial charge in [-0.3, -0.25) is 4.99 Å². The van der Waals surface area contributed by atoms with Gasteiger partial charge in [-0.05, 0) is 6.92 Å². The van der Waals surface area contributed by atoms with Crippen molar-refractivity contribution < 1.29 is 0 Å². The van der Waals surface area contributed by atoms with E-state index in [9.17, 15) is 0 Å². The molecule has 0 saturated carbocycles. The van der Waals surface area contributed by atoms with Gasteiger partial charge in [-0.25, -0.2) is 0 Å². The van der Waals surface area contributed by atoms with E-state index in [4.69, 9.17) is 0 Å². The first-order chi connectivity index (χ1) is 4.88. The second-order valence-electron chi connectivity index (χ2n) is 1.84. The van der Waals surface area contributed by atoms with Gasteiger partial charge in [0.2, 0.25) is 0 Å². The summed E-state index contributed by atoms with van der Waals surface area (Å²) in [6, 6.07) is 0. The molecule has 0 aliphatic rings. The Morgan fingerprint density at radius 3 is 2.90 bits per heavy atom. The number of aryl methyl sites for hydroxylation is 1. The normalized spacial score (nSPS) is 12.0. The van der Waals surface area contributed by atoms with Gasteiger partial charge < -0.3 is 4.57 Å². The molecule has 1 rings (SSSR count). The van der Waals surface area contributed by atoms with Gasteiger partial charge >= 0.3 is 0 Å². The molecule has 1 aromatic heterocycles. The highest BCUT2D eigenvalue weighted by atomic mass is 15.2. The topological polar surface area (TPSA) is 43.1 Å². The predicted molar refractivity (Wildman–Crippen MR) is 37.2 cm³/mol. The van der Waals surface area contributed by atoms with Crippen LogP contribution in [0.1, 0.15) is 6.92 Å². The fourth-order valence-electron chi connectivity index (χ4n) is 0.740. The highest BCUT2D eigenvalue weighted by molar-refractivity contribution is 4.69. The summed E-state index contributed by atoms with van der Waals surface area (Å²) in [7, 11) is 1.74. The van der Waals surface area contributed by atoms with Crippen molar-refractivity contribution in [2.75, 3.05) is 7.05 Å². The third kappa shape index (κ3) is 1.21. The Bertz CT molecular complexity index is 262. The van der Waals surface area contributed by atoms with Gasteiger partial charge in [-0.2, -0.15) is 5.10 Å². The van der Waals surface area contributed by atoms with Crippen molar-refractivity contribution >= 4 is 0 Å². The van der Waals surface area contributed by atoms with E-state index in [1.807, 2.05) is 11.5 Å². The van der Waals surface area contributed by atoms with Gasteiger partial charge in [0.25, 0.3) is 0 Å². The third-order valence-electron chi connectivity index (χ3n) is 1.29. The van der Waals surface area contributed by atoms with Crippen LogP contribution in [0, 0.1) is 0 Å². The first kappa shape index (κ1) is 6.92. The maximum absolute atomic E-state index is 4.00. The minimum absolute atomic E-state index is 0.859.